The predicted molar refractivity (Wildman–Crippen MR) is 126 cm³/mol. The molecule has 0 aliphatic rings. The smallest absolute Gasteiger partial charge is 0.193 e. The average molecular weight is 416 g/mol. The monoisotopic (exact) mass is 415 g/mol. The lowest BCUT2D eigenvalue weighted by Crippen LogP contribution is -2.19. The zero-order valence-corrected chi connectivity index (χ0v) is 18.3. The topological polar surface area (TPSA) is 49.8 Å². The highest BCUT2D eigenvalue weighted by Gasteiger charge is 2.20. The Balaban J connectivity index is 1.99. The molecule has 0 fully saturated rings. The van der Waals surface area contributed by atoms with Crippen molar-refractivity contribution in [3.05, 3.63) is 95.6 Å². The van der Waals surface area contributed by atoms with Gasteiger partial charge in [-0.3, -0.25) is 4.79 Å². The summed E-state index contributed by atoms with van der Waals surface area (Å²) in [5, 5.41) is 9.72. The van der Waals surface area contributed by atoms with Gasteiger partial charge in [-0.2, -0.15) is 0 Å². The molecule has 0 radical (unpaired) electrons. The third-order valence-electron chi connectivity index (χ3n) is 5.08. The maximum Gasteiger partial charge on any atom is 0.193 e. The Morgan fingerprint density at radius 3 is 2.03 bits per heavy atom. The first-order valence-electron chi connectivity index (χ1n) is 10.5. The zero-order chi connectivity index (χ0) is 22.2. The van der Waals surface area contributed by atoms with E-state index < -0.39 is 0 Å². The van der Waals surface area contributed by atoms with Gasteiger partial charge in [-0.1, -0.05) is 49.4 Å². The molecule has 0 aromatic heterocycles. The van der Waals surface area contributed by atoms with Crippen molar-refractivity contribution in [2.45, 2.75) is 13.3 Å². The van der Waals surface area contributed by atoms with E-state index in [0.717, 1.165) is 29.0 Å². The minimum atomic E-state index is -0.0498. The highest BCUT2D eigenvalue weighted by Crippen LogP contribution is 2.33. The van der Waals surface area contributed by atoms with Gasteiger partial charge < -0.3 is 14.7 Å². The first-order valence-corrected chi connectivity index (χ1v) is 10.5. The van der Waals surface area contributed by atoms with Crippen LogP contribution in [0.25, 0.3) is 11.1 Å². The molecule has 0 atom stereocenters. The summed E-state index contributed by atoms with van der Waals surface area (Å²) in [4.78, 5) is 15.7. The zero-order valence-electron chi connectivity index (χ0n) is 18.3. The molecule has 0 aliphatic carbocycles. The van der Waals surface area contributed by atoms with Crippen LogP contribution in [0.4, 0.5) is 0 Å². The summed E-state index contributed by atoms with van der Waals surface area (Å²) in [6, 6.07) is 24.1. The molecule has 0 saturated carbocycles. The van der Waals surface area contributed by atoms with Crippen LogP contribution in [0, 0.1) is 0 Å². The molecule has 3 aromatic rings. The van der Waals surface area contributed by atoms with Gasteiger partial charge in [-0.15, -0.1) is 0 Å². The maximum atomic E-state index is 13.7. The number of carbonyl (C=O) groups excluding carboxylic acids is 1. The van der Waals surface area contributed by atoms with Gasteiger partial charge in [-0.05, 0) is 73.6 Å². The molecule has 0 heterocycles. The van der Waals surface area contributed by atoms with Crippen LogP contribution in [-0.2, 0) is 0 Å². The normalized spacial score (nSPS) is 11.9. The highest BCUT2D eigenvalue weighted by molar-refractivity contribution is 6.34. The third-order valence-corrected chi connectivity index (χ3v) is 5.08. The molecule has 31 heavy (non-hydrogen) atoms. The fraction of sp³-hybridized carbons (Fsp3) is 0.222. The fourth-order valence-electron chi connectivity index (χ4n) is 3.43. The number of carbonyl (C=O) groups is 1. The second-order valence-electron chi connectivity index (χ2n) is 7.63. The number of hydrogen-bond acceptors (Lipinski definition) is 4. The lowest BCUT2D eigenvalue weighted by Gasteiger charge is -2.16. The molecule has 1 N–H and O–H groups in total. The SMILES string of the molecule is CC/C(=C(/C(=O)c1ccc(OCCN(C)C)cc1)c1ccc(O)cc1)c1ccccc1. The van der Waals surface area contributed by atoms with Crippen molar-refractivity contribution in [3.8, 4) is 11.5 Å². The molecule has 160 valence electrons. The van der Waals surface area contributed by atoms with Gasteiger partial charge in [0.1, 0.15) is 18.1 Å². The molecule has 3 rings (SSSR count). The predicted octanol–water partition coefficient (Wildman–Crippen LogP) is 5.54. The summed E-state index contributed by atoms with van der Waals surface area (Å²) >= 11 is 0. The molecular weight excluding hydrogens is 386 g/mol. The van der Waals surface area contributed by atoms with Crippen LogP contribution in [0.2, 0.25) is 0 Å². The van der Waals surface area contributed by atoms with Gasteiger partial charge in [0, 0.05) is 17.7 Å². The van der Waals surface area contributed by atoms with E-state index >= 15 is 0 Å². The van der Waals surface area contributed by atoms with Gasteiger partial charge in [0.25, 0.3) is 0 Å². The van der Waals surface area contributed by atoms with Crippen molar-refractivity contribution < 1.29 is 14.6 Å². The summed E-state index contributed by atoms with van der Waals surface area (Å²) in [5.74, 6) is 0.867. The average Bonchev–Trinajstić information content (AvgIpc) is 2.78. The molecule has 4 nitrogen and oxygen atoms in total. The minimum Gasteiger partial charge on any atom is -0.508 e. The van der Waals surface area contributed by atoms with E-state index in [2.05, 4.69) is 11.8 Å². The number of likely N-dealkylation sites (N-methyl/N-ethyl adjacent to an activating group) is 1. The Hall–Kier alpha value is -3.37. The Bertz CT molecular complexity index is 1020. The minimum absolute atomic E-state index is 0.0498. The van der Waals surface area contributed by atoms with Crippen LogP contribution in [-0.4, -0.2) is 43.0 Å². The van der Waals surface area contributed by atoms with E-state index in [4.69, 9.17) is 4.74 Å². The van der Waals surface area contributed by atoms with Crippen LogP contribution < -0.4 is 4.74 Å². The first kappa shape index (κ1) is 22.3. The number of hydrogen-bond donors (Lipinski definition) is 1. The quantitative estimate of drug-likeness (QED) is 0.283. The van der Waals surface area contributed by atoms with Gasteiger partial charge >= 0.3 is 0 Å². The van der Waals surface area contributed by atoms with Gasteiger partial charge in [0.2, 0.25) is 0 Å². The Kier molecular flexibility index (Phi) is 7.63. The van der Waals surface area contributed by atoms with E-state index in [1.54, 1.807) is 24.3 Å². The van der Waals surface area contributed by atoms with Crippen molar-refractivity contribution in [2.75, 3.05) is 27.2 Å². The Labute approximate surface area is 184 Å². The molecule has 0 bridgehead atoms. The lowest BCUT2D eigenvalue weighted by atomic mass is 9.88. The van der Waals surface area contributed by atoms with Crippen molar-refractivity contribution in [1.29, 1.82) is 0 Å². The molecule has 0 amide bonds. The fourth-order valence-corrected chi connectivity index (χ4v) is 3.43. The number of phenols is 1. The van der Waals surface area contributed by atoms with E-state index in [-0.39, 0.29) is 11.5 Å². The number of rotatable bonds is 9. The second-order valence-corrected chi connectivity index (χ2v) is 7.63. The third kappa shape index (κ3) is 5.83. The molecular formula is C27H29NO3. The molecule has 0 aliphatic heterocycles. The number of benzene rings is 3. The molecule has 0 unspecified atom stereocenters. The summed E-state index contributed by atoms with van der Waals surface area (Å²) in [6.45, 7) is 3.47. The first-order chi connectivity index (χ1) is 15.0. The molecule has 0 spiro atoms. The number of aromatic hydroxyl groups is 1. The van der Waals surface area contributed by atoms with E-state index in [1.807, 2.05) is 68.7 Å². The lowest BCUT2D eigenvalue weighted by molar-refractivity contribution is 0.105. The largest absolute Gasteiger partial charge is 0.508 e. The van der Waals surface area contributed by atoms with Crippen LogP contribution >= 0.6 is 0 Å². The standard InChI is InChI=1S/C27H29NO3/c1-4-25(20-8-6-5-7-9-20)26(21-10-14-23(29)15-11-21)27(30)22-12-16-24(17-13-22)31-19-18-28(2)3/h5-17,29H,4,18-19H2,1-3H3/b26-25-. The number of allylic oxidation sites excluding steroid dienone is 2. The number of Topliss-reactive ketones (excluding diaryl/α,β-unsaturated/α-hetero) is 1. The van der Waals surface area contributed by atoms with Crippen LogP contribution in [0.1, 0.15) is 34.8 Å². The highest BCUT2D eigenvalue weighted by atomic mass is 16.5. The molecule has 0 saturated heterocycles. The number of phenolic OH excluding ortho intramolecular Hbond substituents is 1. The molecule has 4 heteroatoms. The van der Waals surface area contributed by atoms with Crippen molar-refractivity contribution >= 4 is 16.9 Å². The van der Waals surface area contributed by atoms with Crippen molar-refractivity contribution in [1.82, 2.24) is 4.90 Å². The van der Waals surface area contributed by atoms with Gasteiger partial charge in [0.05, 0.1) is 0 Å². The number of nitrogens with zero attached hydrogens (tertiary/aromatic N) is 1. The second kappa shape index (κ2) is 10.6. The van der Waals surface area contributed by atoms with Crippen molar-refractivity contribution in [3.63, 3.8) is 0 Å². The van der Waals surface area contributed by atoms with Crippen molar-refractivity contribution in [2.24, 2.45) is 0 Å². The Morgan fingerprint density at radius 2 is 1.45 bits per heavy atom. The van der Waals surface area contributed by atoms with Gasteiger partial charge in [-0.25, -0.2) is 0 Å². The Morgan fingerprint density at radius 1 is 0.839 bits per heavy atom. The molecule has 3 aromatic carbocycles. The summed E-state index contributed by atoms with van der Waals surface area (Å²) in [6.07, 6.45) is 0.706. The summed E-state index contributed by atoms with van der Waals surface area (Å²) in [7, 11) is 4.00. The van der Waals surface area contributed by atoms with Crippen LogP contribution in [0.5, 0.6) is 11.5 Å². The van der Waals surface area contributed by atoms with E-state index in [1.165, 1.54) is 0 Å². The number of ether oxygens (including phenoxy) is 1. The van der Waals surface area contributed by atoms with Crippen LogP contribution in [0.15, 0.2) is 78.9 Å². The summed E-state index contributed by atoms with van der Waals surface area (Å²) in [5.41, 5.74) is 4.03. The van der Waals surface area contributed by atoms with Gasteiger partial charge in [0.15, 0.2) is 5.78 Å². The maximum absolute atomic E-state index is 13.7. The van der Waals surface area contributed by atoms with Crippen LogP contribution in [0.3, 0.4) is 0 Å². The number of ketones is 1. The summed E-state index contributed by atoms with van der Waals surface area (Å²) < 4.78 is 5.76. The van der Waals surface area contributed by atoms with E-state index in [0.29, 0.717) is 24.2 Å². The van der Waals surface area contributed by atoms with E-state index in [9.17, 15) is 9.90 Å².